The van der Waals surface area contributed by atoms with Gasteiger partial charge in [-0.1, -0.05) is 12.1 Å². The van der Waals surface area contributed by atoms with Gasteiger partial charge in [-0.05, 0) is 43.5 Å². The fourth-order valence-corrected chi connectivity index (χ4v) is 2.87. The number of hydrogen-bond acceptors (Lipinski definition) is 4. The number of amides is 2. The third-order valence-electron chi connectivity index (χ3n) is 3.62. The van der Waals surface area contributed by atoms with E-state index in [1.165, 1.54) is 6.08 Å². The van der Waals surface area contributed by atoms with Crippen molar-refractivity contribution in [2.75, 3.05) is 0 Å². The van der Waals surface area contributed by atoms with Crippen molar-refractivity contribution in [1.29, 1.82) is 0 Å². The highest BCUT2D eigenvalue weighted by Crippen LogP contribution is 2.19. The van der Waals surface area contributed by atoms with E-state index in [4.69, 9.17) is 0 Å². The third kappa shape index (κ3) is 4.76. The van der Waals surface area contributed by atoms with Gasteiger partial charge in [0.15, 0.2) is 0 Å². The van der Waals surface area contributed by atoms with Gasteiger partial charge in [-0.15, -0.1) is 11.3 Å². The molecule has 0 radical (unpaired) electrons. The molecule has 3 rings (SSSR count). The van der Waals surface area contributed by atoms with Crippen molar-refractivity contribution in [2.24, 2.45) is 0 Å². The summed E-state index contributed by atoms with van der Waals surface area (Å²) >= 11 is 1.57. The minimum atomic E-state index is -0.156. The van der Waals surface area contributed by atoms with E-state index >= 15 is 0 Å². The van der Waals surface area contributed by atoms with Crippen LogP contribution in [-0.2, 0) is 11.3 Å². The average molecular weight is 341 g/mol. The van der Waals surface area contributed by atoms with Gasteiger partial charge < -0.3 is 10.6 Å². The highest BCUT2D eigenvalue weighted by molar-refractivity contribution is 7.11. The average Bonchev–Trinajstić information content (AvgIpc) is 3.30. The number of benzene rings is 1. The Morgan fingerprint density at radius 1 is 1.29 bits per heavy atom. The zero-order chi connectivity index (χ0) is 16.9. The molecule has 0 saturated heterocycles. The second-order valence-electron chi connectivity index (χ2n) is 5.77. The smallest absolute Gasteiger partial charge is 0.251 e. The van der Waals surface area contributed by atoms with E-state index in [1.807, 2.05) is 19.1 Å². The SMILES string of the molecule is Cc1ncc(CNC(=O)C=Cc2ccc(C(=O)NC3CC3)cc2)s1. The molecule has 0 unspecified atom stereocenters. The molecule has 5 nitrogen and oxygen atoms in total. The van der Waals surface area contributed by atoms with Crippen LogP contribution in [0, 0.1) is 6.92 Å². The highest BCUT2D eigenvalue weighted by atomic mass is 32.1. The van der Waals surface area contributed by atoms with Crippen molar-refractivity contribution >= 4 is 29.2 Å². The third-order valence-corrected chi connectivity index (χ3v) is 4.53. The lowest BCUT2D eigenvalue weighted by Crippen LogP contribution is -2.25. The van der Waals surface area contributed by atoms with Gasteiger partial charge in [-0.25, -0.2) is 4.98 Å². The molecule has 1 aliphatic carbocycles. The van der Waals surface area contributed by atoms with Crippen molar-refractivity contribution in [3.8, 4) is 0 Å². The molecule has 0 spiro atoms. The first-order chi connectivity index (χ1) is 11.6. The van der Waals surface area contributed by atoms with Crippen LogP contribution in [0.15, 0.2) is 36.5 Å². The molecule has 1 saturated carbocycles. The zero-order valence-electron chi connectivity index (χ0n) is 13.4. The summed E-state index contributed by atoms with van der Waals surface area (Å²) in [5.74, 6) is -0.192. The number of carbonyl (C=O) groups excluding carboxylic acids is 2. The first-order valence-corrected chi connectivity index (χ1v) is 8.70. The summed E-state index contributed by atoms with van der Waals surface area (Å²) in [4.78, 5) is 28.9. The Labute approximate surface area is 144 Å². The van der Waals surface area contributed by atoms with Crippen LogP contribution in [-0.4, -0.2) is 22.8 Å². The number of thiazole rings is 1. The second kappa shape index (κ2) is 7.40. The van der Waals surface area contributed by atoms with Crippen LogP contribution >= 0.6 is 11.3 Å². The van der Waals surface area contributed by atoms with E-state index in [0.717, 1.165) is 28.3 Å². The van der Waals surface area contributed by atoms with Gasteiger partial charge >= 0.3 is 0 Å². The number of nitrogens with zero attached hydrogens (tertiary/aromatic N) is 1. The molecule has 2 aromatic rings. The fraction of sp³-hybridized carbons (Fsp3) is 0.278. The first kappa shape index (κ1) is 16.4. The van der Waals surface area contributed by atoms with E-state index in [1.54, 1.807) is 35.7 Å². The lowest BCUT2D eigenvalue weighted by molar-refractivity contribution is -0.116. The molecule has 1 aliphatic rings. The van der Waals surface area contributed by atoms with Gasteiger partial charge in [-0.2, -0.15) is 0 Å². The summed E-state index contributed by atoms with van der Waals surface area (Å²) in [6.07, 6.45) is 7.14. The molecule has 1 fully saturated rings. The Hall–Kier alpha value is -2.47. The zero-order valence-corrected chi connectivity index (χ0v) is 14.2. The standard InChI is InChI=1S/C18H19N3O2S/c1-12-19-10-16(24-12)11-20-17(22)9-4-13-2-5-14(6-3-13)18(23)21-15-7-8-15/h2-6,9-10,15H,7-8,11H2,1H3,(H,20,22)(H,21,23). The number of nitrogens with one attached hydrogen (secondary N) is 2. The number of carbonyl (C=O) groups is 2. The van der Waals surface area contributed by atoms with Crippen LogP contribution in [0.3, 0.4) is 0 Å². The molecule has 1 aromatic heterocycles. The first-order valence-electron chi connectivity index (χ1n) is 7.88. The number of aryl methyl sites for hydroxylation is 1. The van der Waals surface area contributed by atoms with Crippen molar-refractivity contribution in [2.45, 2.75) is 32.4 Å². The highest BCUT2D eigenvalue weighted by Gasteiger charge is 2.23. The van der Waals surface area contributed by atoms with Crippen LogP contribution < -0.4 is 10.6 Å². The maximum atomic E-state index is 11.9. The van der Waals surface area contributed by atoms with Crippen LogP contribution in [0.1, 0.15) is 38.6 Å². The van der Waals surface area contributed by atoms with Crippen LogP contribution in [0.2, 0.25) is 0 Å². The fourth-order valence-electron chi connectivity index (χ4n) is 2.13. The predicted molar refractivity (Wildman–Crippen MR) is 94.7 cm³/mol. The van der Waals surface area contributed by atoms with Gasteiger partial charge in [0.25, 0.3) is 5.91 Å². The Bertz CT molecular complexity index is 761. The van der Waals surface area contributed by atoms with Crippen LogP contribution in [0.4, 0.5) is 0 Å². The molecule has 1 aromatic carbocycles. The van der Waals surface area contributed by atoms with Crippen molar-refractivity contribution in [1.82, 2.24) is 15.6 Å². The van der Waals surface area contributed by atoms with E-state index in [-0.39, 0.29) is 11.8 Å². The normalized spacial score (nSPS) is 13.9. The minimum absolute atomic E-state index is 0.0365. The van der Waals surface area contributed by atoms with Gasteiger partial charge in [-0.3, -0.25) is 9.59 Å². The lowest BCUT2D eigenvalue weighted by atomic mass is 10.1. The maximum Gasteiger partial charge on any atom is 0.251 e. The van der Waals surface area contributed by atoms with Gasteiger partial charge in [0.05, 0.1) is 11.6 Å². The Balaban J connectivity index is 1.49. The maximum absolute atomic E-state index is 11.9. The van der Waals surface area contributed by atoms with Gasteiger partial charge in [0, 0.05) is 28.8 Å². The molecule has 6 heteroatoms. The molecular formula is C18H19N3O2S. The Morgan fingerprint density at radius 2 is 2.04 bits per heavy atom. The molecule has 124 valence electrons. The Kier molecular flexibility index (Phi) is 5.05. The summed E-state index contributed by atoms with van der Waals surface area (Å²) in [5, 5.41) is 6.76. The minimum Gasteiger partial charge on any atom is -0.349 e. The van der Waals surface area contributed by atoms with Gasteiger partial charge in [0.2, 0.25) is 5.91 Å². The largest absolute Gasteiger partial charge is 0.349 e. The molecule has 2 N–H and O–H groups in total. The second-order valence-corrected chi connectivity index (χ2v) is 7.09. The number of hydrogen-bond donors (Lipinski definition) is 2. The van der Waals surface area contributed by atoms with Gasteiger partial charge in [0.1, 0.15) is 0 Å². The summed E-state index contributed by atoms with van der Waals surface area (Å²) in [5.41, 5.74) is 1.52. The summed E-state index contributed by atoms with van der Waals surface area (Å²) in [7, 11) is 0. The van der Waals surface area contributed by atoms with Crippen molar-refractivity contribution in [3.63, 3.8) is 0 Å². The molecule has 0 aliphatic heterocycles. The molecule has 0 atom stereocenters. The van der Waals surface area contributed by atoms with Crippen LogP contribution in [0.5, 0.6) is 0 Å². The number of rotatable bonds is 6. The molecular weight excluding hydrogens is 322 g/mol. The van der Waals surface area contributed by atoms with E-state index in [9.17, 15) is 9.59 Å². The summed E-state index contributed by atoms with van der Waals surface area (Å²) < 4.78 is 0. The Morgan fingerprint density at radius 3 is 2.67 bits per heavy atom. The summed E-state index contributed by atoms with van der Waals surface area (Å²) in [6.45, 7) is 2.42. The number of aromatic nitrogens is 1. The van der Waals surface area contributed by atoms with Crippen molar-refractivity contribution in [3.05, 3.63) is 57.6 Å². The molecule has 24 heavy (non-hydrogen) atoms. The van der Waals surface area contributed by atoms with E-state index in [0.29, 0.717) is 18.2 Å². The quantitative estimate of drug-likeness (QED) is 0.794. The molecule has 0 bridgehead atoms. The predicted octanol–water partition coefficient (Wildman–Crippen LogP) is 2.67. The van der Waals surface area contributed by atoms with E-state index in [2.05, 4.69) is 15.6 Å². The van der Waals surface area contributed by atoms with Crippen molar-refractivity contribution < 1.29 is 9.59 Å². The monoisotopic (exact) mass is 341 g/mol. The van der Waals surface area contributed by atoms with E-state index < -0.39 is 0 Å². The lowest BCUT2D eigenvalue weighted by Gasteiger charge is -2.03. The summed E-state index contributed by atoms with van der Waals surface area (Å²) in [6, 6.07) is 7.56. The molecule has 2 amide bonds. The van der Waals surface area contributed by atoms with Crippen LogP contribution in [0.25, 0.3) is 6.08 Å². The topological polar surface area (TPSA) is 71.1 Å². The molecule has 1 heterocycles.